The van der Waals surface area contributed by atoms with E-state index in [1.54, 1.807) is 4.90 Å². The summed E-state index contributed by atoms with van der Waals surface area (Å²) in [5, 5.41) is 0. The predicted octanol–water partition coefficient (Wildman–Crippen LogP) is 2.50. The van der Waals surface area contributed by atoms with E-state index in [4.69, 9.17) is 0 Å². The molecule has 6 nitrogen and oxygen atoms in total. The number of rotatable bonds is 7. The summed E-state index contributed by atoms with van der Waals surface area (Å²) in [6.07, 6.45) is 1.48. The van der Waals surface area contributed by atoms with E-state index < -0.39 is 11.2 Å². The first-order valence-corrected chi connectivity index (χ1v) is 9.63. The maximum Gasteiger partial charge on any atom is 0.331 e. The van der Waals surface area contributed by atoms with Crippen molar-refractivity contribution in [3.8, 4) is 0 Å². The van der Waals surface area contributed by atoms with Crippen LogP contribution in [0.15, 0.2) is 82.5 Å². The van der Waals surface area contributed by atoms with Crippen LogP contribution in [0.1, 0.15) is 25.0 Å². The summed E-state index contributed by atoms with van der Waals surface area (Å²) in [4.78, 5) is 39.8. The third-order valence-corrected chi connectivity index (χ3v) is 4.77. The van der Waals surface area contributed by atoms with Crippen LogP contribution >= 0.6 is 0 Å². The van der Waals surface area contributed by atoms with Crippen LogP contribution in [0, 0.1) is 0 Å². The third-order valence-electron chi connectivity index (χ3n) is 4.77. The van der Waals surface area contributed by atoms with E-state index in [2.05, 4.69) is 0 Å². The summed E-state index contributed by atoms with van der Waals surface area (Å²) in [5.41, 5.74) is 0.977. The maximum atomic E-state index is 13.0. The molecule has 3 rings (SSSR count). The van der Waals surface area contributed by atoms with E-state index in [0.717, 1.165) is 15.7 Å². The van der Waals surface area contributed by atoms with Gasteiger partial charge in [0.15, 0.2) is 0 Å². The molecule has 3 aromatic rings. The van der Waals surface area contributed by atoms with Gasteiger partial charge in [-0.3, -0.25) is 18.7 Å². The summed E-state index contributed by atoms with van der Waals surface area (Å²) >= 11 is 0. The monoisotopic (exact) mass is 391 g/mol. The first-order chi connectivity index (χ1) is 14.0. The lowest BCUT2D eigenvalue weighted by Crippen LogP contribution is -2.45. The van der Waals surface area contributed by atoms with Gasteiger partial charge >= 0.3 is 5.69 Å². The Kier molecular flexibility index (Phi) is 6.44. The van der Waals surface area contributed by atoms with Crippen LogP contribution in [0.5, 0.6) is 0 Å². The van der Waals surface area contributed by atoms with Crippen molar-refractivity contribution in [2.75, 3.05) is 0 Å². The number of carbonyl (C=O) groups excluding carboxylic acids is 1. The van der Waals surface area contributed by atoms with Gasteiger partial charge in [-0.1, -0.05) is 60.7 Å². The van der Waals surface area contributed by atoms with E-state index in [9.17, 15) is 14.4 Å². The van der Waals surface area contributed by atoms with Gasteiger partial charge < -0.3 is 4.90 Å². The van der Waals surface area contributed by atoms with Crippen LogP contribution < -0.4 is 11.2 Å². The smallest absolute Gasteiger partial charge is 0.331 e. The SMILES string of the molecule is CC(C)N(Cc1ccccc1)C(=O)Cn1c(=O)ccn(Cc2ccccc2)c1=O. The highest BCUT2D eigenvalue weighted by Gasteiger charge is 2.19. The molecule has 0 saturated carbocycles. The Morgan fingerprint density at radius 1 is 0.897 bits per heavy atom. The van der Waals surface area contributed by atoms with Crippen molar-refractivity contribution in [2.45, 2.75) is 39.5 Å². The number of hydrogen-bond donors (Lipinski definition) is 0. The molecule has 6 heteroatoms. The van der Waals surface area contributed by atoms with Gasteiger partial charge in [-0.2, -0.15) is 0 Å². The lowest BCUT2D eigenvalue weighted by Gasteiger charge is -2.27. The minimum atomic E-state index is -0.488. The van der Waals surface area contributed by atoms with E-state index in [1.807, 2.05) is 74.5 Å². The Morgan fingerprint density at radius 3 is 2.07 bits per heavy atom. The average Bonchev–Trinajstić information content (AvgIpc) is 2.72. The van der Waals surface area contributed by atoms with Crippen molar-refractivity contribution >= 4 is 5.91 Å². The highest BCUT2D eigenvalue weighted by atomic mass is 16.2. The second kappa shape index (κ2) is 9.19. The summed E-state index contributed by atoms with van der Waals surface area (Å²) in [6, 6.07) is 20.4. The van der Waals surface area contributed by atoms with Gasteiger partial charge in [-0.25, -0.2) is 4.79 Å². The number of amides is 1. The molecular formula is C23H25N3O3. The molecule has 0 spiro atoms. The predicted molar refractivity (Wildman–Crippen MR) is 113 cm³/mol. The molecule has 0 unspecified atom stereocenters. The fourth-order valence-corrected chi connectivity index (χ4v) is 3.17. The van der Waals surface area contributed by atoms with Gasteiger partial charge in [-0.15, -0.1) is 0 Å². The molecule has 0 aliphatic carbocycles. The molecule has 0 aliphatic rings. The molecule has 29 heavy (non-hydrogen) atoms. The first-order valence-electron chi connectivity index (χ1n) is 9.63. The van der Waals surface area contributed by atoms with Gasteiger partial charge in [0.2, 0.25) is 5.91 Å². The van der Waals surface area contributed by atoms with Gasteiger partial charge in [0, 0.05) is 24.8 Å². The molecule has 1 amide bonds. The minimum Gasteiger partial charge on any atom is -0.334 e. The zero-order valence-electron chi connectivity index (χ0n) is 16.7. The van der Waals surface area contributed by atoms with Crippen molar-refractivity contribution in [3.05, 3.63) is 105 Å². The first kappa shape index (κ1) is 20.3. The molecule has 0 aliphatic heterocycles. The third kappa shape index (κ3) is 5.10. The summed E-state index contributed by atoms with van der Waals surface area (Å²) < 4.78 is 2.45. The molecule has 0 atom stereocenters. The van der Waals surface area contributed by atoms with Gasteiger partial charge in [-0.05, 0) is 25.0 Å². The Morgan fingerprint density at radius 2 is 1.48 bits per heavy atom. The molecule has 1 heterocycles. The van der Waals surface area contributed by atoms with Crippen molar-refractivity contribution in [1.82, 2.24) is 14.0 Å². The van der Waals surface area contributed by atoms with E-state index >= 15 is 0 Å². The number of aromatic nitrogens is 2. The van der Waals surface area contributed by atoms with Crippen LogP contribution in [0.25, 0.3) is 0 Å². The van der Waals surface area contributed by atoms with Gasteiger partial charge in [0.05, 0.1) is 6.54 Å². The van der Waals surface area contributed by atoms with Crippen molar-refractivity contribution < 1.29 is 4.79 Å². The highest BCUT2D eigenvalue weighted by Crippen LogP contribution is 2.09. The molecule has 2 aromatic carbocycles. The molecule has 1 aromatic heterocycles. The fraction of sp³-hybridized carbons (Fsp3) is 0.261. The standard InChI is InChI=1S/C23H25N3O3/c1-18(2)25(16-20-11-7-4-8-12-20)22(28)17-26-21(27)13-14-24(23(26)29)15-19-9-5-3-6-10-19/h3-14,18H,15-17H2,1-2H3. The molecule has 0 bridgehead atoms. The van der Waals surface area contributed by atoms with E-state index in [-0.39, 0.29) is 18.5 Å². The number of hydrogen-bond acceptors (Lipinski definition) is 3. The molecular weight excluding hydrogens is 366 g/mol. The summed E-state index contributed by atoms with van der Waals surface area (Å²) in [7, 11) is 0. The molecule has 150 valence electrons. The Labute approximate surface area is 169 Å². The molecule has 0 radical (unpaired) electrons. The van der Waals surface area contributed by atoms with Gasteiger partial charge in [0.1, 0.15) is 6.54 Å². The number of nitrogens with zero attached hydrogens (tertiary/aromatic N) is 3. The summed E-state index contributed by atoms with van der Waals surface area (Å²) in [6.45, 7) is 4.33. The zero-order valence-corrected chi connectivity index (χ0v) is 16.7. The lowest BCUT2D eigenvalue weighted by atomic mass is 10.2. The number of carbonyl (C=O) groups is 1. The van der Waals surface area contributed by atoms with Crippen LogP contribution in [0.4, 0.5) is 0 Å². The van der Waals surface area contributed by atoms with Crippen molar-refractivity contribution in [3.63, 3.8) is 0 Å². The quantitative estimate of drug-likeness (QED) is 0.622. The second-order valence-electron chi connectivity index (χ2n) is 7.24. The lowest BCUT2D eigenvalue weighted by molar-refractivity contribution is -0.134. The molecule has 0 saturated heterocycles. The van der Waals surface area contributed by atoms with E-state index in [1.165, 1.54) is 16.8 Å². The van der Waals surface area contributed by atoms with Crippen LogP contribution in [0.3, 0.4) is 0 Å². The van der Waals surface area contributed by atoms with Crippen LogP contribution in [-0.2, 0) is 24.4 Å². The molecule has 0 fully saturated rings. The van der Waals surface area contributed by atoms with E-state index in [0.29, 0.717) is 13.1 Å². The maximum absolute atomic E-state index is 13.0. The van der Waals surface area contributed by atoms with Crippen molar-refractivity contribution in [2.24, 2.45) is 0 Å². The van der Waals surface area contributed by atoms with Crippen LogP contribution in [0.2, 0.25) is 0 Å². The topological polar surface area (TPSA) is 64.3 Å². The highest BCUT2D eigenvalue weighted by molar-refractivity contribution is 5.76. The van der Waals surface area contributed by atoms with Crippen molar-refractivity contribution in [1.29, 1.82) is 0 Å². The normalized spacial score (nSPS) is 10.9. The van der Waals surface area contributed by atoms with Crippen LogP contribution in [-0.4, -0.2) is 26.0 Å². The second-order valence-corrected chi connectivity index (χ2v) is 7.24. The Bertz CT molecular complexity index is 1070. The zero-order chi connectivity index (χ0) is 20.8. The minimum absolute atomic E-state index is 0.0614. The Balaban J connectivity index is 1.84. The largest absolute Gasteiger partial charge is 0.334 e. The molecule has 0 N–H and O–H groups in total. The Hall–Kier alpha value is -3.41. The summed E-state index contributed by atoms with van der Waals surface area (Å²) in [5.74, 6) is -0.263. The van der Waals surface area contributed by atoms with Gasteiger partial charge in [0.25, 0.3) is 5.56 Å². The average molecular weight is 391 g/mol. The number of benzene rings is 2. The fourth-order valence-electron chi connectivity index (χ4n) is 3.17.